The third kappa shape index (κ3) is 3.26. The topological polar surface area (TPSA) is 62.5 Å². The molecule has 4 nitrogen and oxygen atoms in total. The maximum atomic E-state index is 9.24. The van der Waals surface area contributed by atoms with E-state index in [-0.39, 0.29) is 6.61 Å². The summed E-state index contributed by atoms with van der Waals surface area (Å²) in [5.74, 6) is 0.781. The minimum Gasteiger partial charge on any atom is -0.493 e. The molecule has 92 valence electrons. The second kappa shape index (κ2) is 6.33. The van der Waals surface area contributed by atoms with E-state index in [9.17, 15) is 5.11 Å². The molecule has 1 N–H and O–H groups in total. The minimum atomic E-state index is -0.574. The van der Waals surface area contributed by atoms with Gasteiger partial charge in [-0.05, 0) is 12.5 Å². The molecule has 0 amide bonds. The fourth-order valence-electron chi connectivity index (χ4n) is 1.37. The van der Waals surface area contributed by atoms with Gasteiger partial charge in [0.05, 0.1) is 13.7 Å². The summed E-state index contributed by atoms with van der Waals surface area (Å²) in [4.78, 5) is 0. The van der Waals surface area contributed by atoms with Gasteiger partial charge in [0.25, 0.3) is 0 Å². The number of aliphatic hydroxyl groups excluding tert-OH is 1. The van der Waals surface area contributed by atoms with Crippen LogP contribution in [0.4, 0.5) is 0 Å². The van der Waals surface area contributed by atoms with Crippen LogP contribution in [0.2, 0.25) is 5.02 Å². The number of hydrogen-bond donors (Lipinski definition) is 1. The monoisotopic (exact) mass is 255 g/mol. The highest BCUT2D eigenvalue weighted by molar-refractivity contribution is 6.30. The highest BCUT2D eigenvalue weighted by atomic mass is 35.5. The van der Waals surface area contributed by atoms with Gasteiger partial charge in [-0.25, -0.2) is 0 Å². The molecule has 17 heavy (non-hydrogen) atoms. The third-order valence-electron chi connectivity index (χ3n) is 2.26. The van der Waals surface area contributed by atoms with Gasteiger partial charge in [0.1, 0.15) is 6.07 Å². The van der Waals surface area contributed by atoms with Crippen molar-refractivity contribution in [1.29, 1.82) is 5.26 Å². The molecule has 0 fully saturated rings. The summed E-state index contributed by atoms with van der Waals surface area (Å²) in [5.41, 5.74) is 0.503. The van der Waals surface area contributed by atoms with E-state index in [1.54, 1.807) is 12.1 Å². The zero-order chi connectivity index (χ0) is 12.8. The zero-order valence-corrected chi connectivity index (χ0v) is 10.5. The van der Waals surface area contributed by atoms with Crippen molar-refractivity contribution in [2.75, 3.05) is 7.11 Å². The lowest BCUT2D eigenvalue weighted by Crippen LogP contribution is -2.14. The van der Waals surface area contributed by atoms with E-state index < -0.39 is 6.10 Å². The fourth-order valence-corrected chi connectivity index (χ4v) is 1.60. The number of halogens is 1. The lowest BCUT2D eigenvalue weighted by Gasteiger charge is -2.17. The van der Waals surface area contributed by atoms with E-state index in [1.807, 2.05) is 13.0 Å². The first kappa shape index (κ1) is 13.6. The molecular weight excluding hydrogens is 242 g/mol. The van der Waals surface area contributed by atoms with Crippen molar-refractivity contribution in [3.8, 4) is 17.6 Å². The Morgan fingerprint density at radius 3 is 2.71 bits per heavy atom. The quantitative estimate of drug-likeness (QED) is 0.878. The van der Waals surface area contributed by atoms with E-state index >= 15 is 0 Å². The molecule has 0 aliphatic heterocycles. The van der Waals surface area contributed by atoms with Gasteiger partial charge in [0.15, 0.2) is 17.6 Å². The van der Waals surface area contributed by atoms with E-state index in [0.717, 1.165) is 0 Å². The average Bonchev–Trinajstić information content (AvgIpc) is 2.36. The van der Waals surface area contributed by atoms with Crippen molar-refractivity contribution in [3.63, 3.8) is 0 Å². The molecule has 1 rings (SSSR count). The molecular formula is C12H14ClNO3. The smallest absolute Gasteiger partial charge is 0.184 e. The van der Waals surface area contributed by atoms with Crippen LogP contribution in [0.5, 0.6) is 11.5 Å². The van der Waals surface area contributed by atoms with Crippen molar-refractivity contribution < 1.29 is 14.6 Å². The Balaban J connectivity index is 3.15. The van der Waals surface area contributed by atoms with Crippen LogP contribution in [0.1, 0.15) is 18.9 Å². The highest BCUT2D eigenvalue weighted by Crippen LogP contribution is 2.35. The number of hydrogen-bond acceptors (Lipinski definition) is 4. The van der Waals surface area contributed by atoms with Crippen molar-refractivity contribution >= 4 is 11.6 Å². The molecule has 0 saturated carbocycles. The van der Waals surface area contributed by atoms with Crippen LogP contribution in [0.25, 0.3) is 0 Å². The van der Waals surface area contributed by atoms with Crippen molar-refractivity contribution in [3.05, 3.63) is 22.7 Å². The Morgan fingerprint density at radius 1 is 1.53 bits per heavy atom. The Labute approximate surface area is 105 Å². The summed E-state index contributed by atoms with van der Waals surface area (Å²) >= 11 is 5.87. The molecule has 1 aromatic carbocycles. The number of nitriles is 1. The van der Waals surface area contributed by atoms with E-state index in [2.05, 4.69) is 0 Å². The summed E-state index contributed by atoms with van der Waals surface area (Å²) in [7, 11) is 1.48. The zero-order valence-electron chi connectivity index (χ0n) is 9.74. The summed E-state index contributed by atoms with van der Waals surface area (Å²) < 4.78 is 10.6. The standard InChI is InChI=1S/C12H14ClNO3/c1-3-10(6-14)17-12-8(7-15)4-9(13)5-11(12)16-2/h4-5,10,15H,3,7H2,1-2H3. The SMILES string of the molecule is CCC(C#N)Oc1c(CO)cc(Cl)cc1OC. The number of benzene rings is 1. The molecule has 0 aromatic heterocycles. The molecule has 0 spiro atoms. The number of ether oxygens (including phenoxy) is 2. The first-order valence-electron chi connectivity index (χ1n) is 5.19. The van der Waals surface area contributed by atoms with Gasteiger partial charge < -0.3 is 14.6 Å². The van der Waals surface area contributed by atoms with Gasteiger partial charge >= 0.3 is 0 Å². The second-order valence-corrected chi connectivity index (χ2v) is 3.83. The van der Waals surface area contributed by atoms with Gasteiger partial charge in [0, 0.05) is 16.7 Å². The lowest BCUT2D eigenvalue weighted by molar-refractivity contribution is 0.222. The van der Waals surface area contributed by atoms with Gasteiger partial charge in [-0.2, -0.15) is 5.26 Å². The molecule has 0 saturated heterocycles. The predicted molar refractivity (Wildman–Crippen MR) is 64.2 cm³/mol. The summed E-state index contributed by atoms with van der Waals surface area (Å²) in [6, 6.07) is 5.20. The largest absolute Gasteiger partial charge is 0.493 e. The number of methoxy groups -OCH3 is 1. The average molecular weight is 256 g/mol. The second-order valence-electron chi connectivity index (χ2n) is 3.40. The summed E-state index contributed by atoms with van der Waals surface area (Å²) in [6.07, 6.45) is -0.0250. The van der Waals surface area contributed by atoms with Crippen LogP contribution in [-0.2, 0) is 6.61 Å². The van der Waals surface area contributed by atoms with Gasteiger partial charge in [-0.15, -0.1) is 0 Å². The number of nitrogens with zero attached hydrogens (tertiary/aromatic N) is 1. The number of aliphatic hydroxyl groups is 1. The van der Waals surface area contributed by atoms with Crippen LogP contribution >= 0.6 is 11.6 Å². The number of rotatable bonds is 5. The van der Waals surface area contributed by atoms with Gasteiger partial charge in [0.2, 0.25) is 0 Å². The lowest BCUT2D eigenvalue weighted by atomic mass is 10.2. The highest BCUT2D eigenvalue weighted by Gasteiger charge is 2.16. The molecule has 0 bridgehead atoms. The van der Waals surface area contributed by atoms with Crippen molar-refractivity contribution in [2.24, 2.45) is 0 Å². The molecule has 5 heteroatoms. The van der Waals surface area contributed by atoms with Crippen LogP contribution in [0.3, 0.4) is 0 Å². The Kier molecular flexibility index (Phi) is 5.08. The van der Waals surface area contributed by atoms with E-state index in [0.29, 0.717) is 28.5 Å². The van der Waals surface area contributed by atoms with Crippen LogP contribution in [0.15, 0.2) is 12.1 Å². The Bertz CT molecular complexity index is 403. The normalized spacial score (nSPS) is 11.7. The Morgan fingerprint density at radius 2 is 2.24 bits per heavy atom. The van der Waals surface area contributed by atoms with E-state index in [1.165, 1.54) is 7.11 Å². The first-order chi connectivity index (χ1) is 8.15. The predicted octanol–water partition coefficient (Wildman–Crippen LogP) is 2.52. The molecule has 0 radical (unpaired) electrons. The van der Waals surface area contributed by atoms with Gasteiger partial charge in [-0.1, -0.05) is 18.5 Å². The minimum absolute atomic E-state index is 0.228. The van der Waals surface area contributed by atoms with Crippen molar-refractivity contribution in [2.45, 2.75) is 26.1 Å². The molecule has 1 atom stereocenters. The summed E-state index contributed by atoms with van der Waals surface area (Å²) in [5, 5.41) is 18.6. The first-order valence-corrected chi connectivity index (χ1v) is 5.57. The van der Waals surface area contributed by atoms with Crippen LogP contribution in [0, 0.1) is 11.3 Å². The van der Waals surface area contributed by atoms with Gasteiger partial charge in [-0.3, -0.25) is 0 Å². The molecule has 1 aromatic rings. The molecule has 0 heterocycles. The molecule has 0 aliphatic rings. The van der Waals surface area contributed by atoms with Crippen LogP contribution in [-0.4, -0.2) is 18.3 Å². The van der Waals surface area contributed by atoms with Crippen molar-refractivity contribution in [1.82, 2.24) is 0 Å². The molecule has 0 aliphatic carbocycles. The maximum absolute atomic E-state index is 9.24. The summed E-state index contributed by atoms with van der Waals surface area (Å²) in [6.45, 7) is 1.61. The molecule has 1 unspecified atom stereocenters. The van der Waals surface area contributed by atoms with Crippen LogP contribution < -0.4 is 9.47 Å². The fraction of sp³-hybridized carbons (Fsp3) is 0.417. The van der Waals surface area contributed by atoms with E-state index in [4.69, 9.17) is 26.3 Å². The maximum Gasteiger partial charge on any atom is 0.184 e. The Hall–Kier alpha value is -1.44. The third-order valence-corrected chi connectivity index (χ3v) is 2.48.